The Kier molecular flexibility index (Phi) is 5.36. The van der Waals surface area contributed by atoms with E-state index in [1.807, 2.05) is 5.38 Å². The molecule has 2 rings (SSSR count). The summed E-state index contributed by atoms with van der Waals surface area (Å²) in [6, 6.07) is 4.52. The fourth-order valence-electron chi connectivity index (χ4n) is 1.59. The van der Waals surface area contributed by atoms with Crippen molar-refractivity contribution >= 4 is 46.3 Å². The second-order valence-corrected chi connectivity index (χ2v) is 8.26. The third-order valence-corrected chi connectivity index (χ3v) is 5.07. The lowest BCUT2D eigenvalue weighted by Crippen LogP contribution is -2.14. The van der Waals surface area contributed by atoms with Crippen LogP contribution >= 0.6 is 34.7 Å². The normalized spacial score (nSPS) is 11.5. The molecule has 0 aliphatic carbocycles. The van der Waals surface area contributed by atoms with Gasteiger partial charge in [0.05, 0.1) is 17.1 Å². The lowest BCUT2D eigenvalue weighted by Gasteiger charge is -2.14. The van der Waals surface area contributed by atoms with Gasteiger partial charge in [-0.1, -0.05) is 44.1 Å². The molecule has 0 aliphatic rings. The molecule has 0 bridgehead atoms. The van der Waals surface area contributed by atoms with Crippen LogP contribution in [0, 0.1) is 0 Å². The largest absolute Gasteiger partial charge is 0.506 e. The number of anilines is 1. The van der Waals surface area contributed by atoms with Crippen LogP contribution in [0.3, 0.4) is 0 Å². The maximum absolute atomic E-state index is 11.9. The van der Waals surface area contributed by atoms with Crippen LogP contribution in [-0.4, -0.2) is 21.8 Å². The van der Waals surface area contributed by atoms with Crippen LogP contribution < -0.4 is 5.32 Å². The summed E-state index contributed by atoms with van der Waals surface area (Å²) in [6.07, 6.45) is 0. The van der Waals surface area contributed by atoms with Gasteiger partial charge in [0.1, 0.15) is 5.75 Å². The molecule has 1 amide bonds. The molecule has 118 valence electrons. The molecule has 1 heterocycles. The third-order valence-electron chi connectivity index (χ3n) is 2.81. The van der Waals surface area contributed by atoms with Gasteiger partial charge in [0.25, 0.3) is 0 Å². The standard InChI is InChI=1S/C15H17ClN2O2S2/c1-15(2,3)12-7-21-14(18-12)22-8-13(20)17-10-6-9(16)4-5-11(10)19/h4-7,19H,8H2,1-3H3,(H,17,20). The Morgan fingerprint density at radius 2 is 2.18 bits per heavy atom. The Hall–Kier alpha value is -1.24. The topological polar surface area (TPSA) is 62.2 Å². The van der Waals surface area contributed by atoms with Gasteiger partial charge in [-0.15, -0.1) is 11.3 Å². The number of carbonyl (C=O) groups is 1. The van der Waals surface area contributed by atoms with E-state index in [1.54, 1.807) is 6.07 Å². The molecule has 22 heavy (non-hydrogen) atoms. The molecular formula is C15H17ClN2O2S2. The number of hydrogen-bond donors (Lipinski definition) is 2. The van der Waals surface area contributed by atoms with Crippen molar-refractivity contribution in [3.05, 3.63) is 34.3 Å². The lowest BCUT2D eigenvalue weighted by atomic mass is 9.93. The van der Waals surface area contributed by atoms with Crippen LogP contribution in [0.4, 0.5) is 5.69 Å². The predicted octanol–water partition coefficient (Wildman–Crippen LogP) is 4.53. The smallest absolute Gasteiger partial charge is 0.234 e. The molecule has 1 aromatic heterocycles. The molecular weight excluding hydrogens is 340 g/mol. The van der Waals surface area contributed by atoms with Crippen molar-refractivity contribution in [1.29, 1.82) is 0 Å². The van der Waals surface area contributed by atoms with Crippen LogP contribution in [-0.2, 0) is 10.2 Å². The Morgan fingerprint density at radius 1 is 1.45 bits per heavy atom. The molecule has 1 aromatic carbocycles. The number of halogens is 1. The fraction of sp³-hybridized carbons (Fsp3) is 0.333. The Morgan fingerprint density at radius 3 is 2.82 bits per heavy atom. The average Bonchev–Trinajstić information content (AvgIpc) is 2.89. The van der Waals surface area contributed by atoms with Gasteiger partial charge in [0.15, 0.2) is 4.34 Å². The van der Waals surface area contributed by atoms with E-state index in [-0.39, 0.29) is 22.8 Å². The number of benzene rings is 1. The molecule has 0 spiro atoms. The summed E-state index contributed by atoms with van der Waals surface area (Å²) in [5, 5.41) is 14.8. The van der Waals surface area contributed by atoms with Crippen molar-refractivity contribution in [2.75, 3.05) is 11.1 Å². The van der Waals surface area contributed by atoms with Gasteiger partial charge in [0.2, 0.25) is 5.91 Å². The number of aromatic nitrogens is 1. The molecule has 0 aliphatic heterocycles. The molecule has 4 nitrogen and oxygen atoms in total. The number of thiazole rings is 1. The maximum Gasteiger partial charge on any atom is 0.234 e. The molecule has 2 aromatic rings. The van der Waals surface area contributed by atoms with Crippen molar-refractivity contribution in [2.24, 2.45) is 0 Å². The van der Waals surface area contributed by atoms with Crippen LogP contribution in [0.25, 0.3) is 0 Å². The summed E-state index contributed by atoms with van der Waals surface area (Å²) < 4.78 is 0.857. The molecule has 0 fully saturated rings. The van der Waals surface area contributed by atoms with E-state index in [4.69, 9.17) is 11.6 Å². The van der Waals surface area contributed by atoms with Crippen LogP contribution in [0.15, 0.2) is 27.9 Å². The van der Waals surface area contributed by atoms with E-state index in [2.05, 4.69) is 31.1 Å². The van der Waals surface area contributed by atoms with Gasteiger partial charge in [0, 0.05) is 15.8 Å². The van der Waals surface area contributed by atoms with Gasteiger partial charge in [-0.05, 0) is 18.2 Å². The van der Waals surface area contributed by atoms with E-state index in [1.165, 1.54) is 35.2 Å². The number of rotatable bonds is 4. The minimum atomic E-state index is -0.213. The number of aromatic hydroxyl groups is 1. The van der Waals surface area contributed by atoms with Gasteiger partial charge < -0.3 is 10.4 Å². The minimum Gasteiger partial charge on any atom is -0.506 e. The number of hydrogen-bond acceptors (Lipinski definition) is 5. The average molecular weight is 357 g/mol. The molecule has 0 atom stereocenters. The number of nitrogens with one attached hydrogen (secondary N) is 1. The van der Waals surface area contributed by atoms with E-state index < -0.39 is 0 Å². The van der Waals surface area contributed by atoms with Crippen molar-refractivity contribution in [1.82, 2.24) is 4.98 Å². The SMILES string of the molecule is CC(C)(C)c1csc(SCC(=O)Nc2cc(Cl)ccc2O)n1. The molecule has 7 heteroatoms. The zero-order chi connectivity index (χ0) is 16.3. The minimum absolute atomic E-state index is 0.00411. The number of phenolic OH excluding ortho intramolecular Hbond substituents is 1. The first kappa shape index (κ1) is 17.1. The number of nitrogens with zero attached hydrogens (tertiary/aromatic N) is 1. The van der Waals surface area contributed by atoms with E-state index in [0.717, 1.165) is 10.0 Å². The Labute approximate surface area is 142 Å². The number of amides is 1. The highest BCUT2D eigenvalue weighted by atomic mass is 35.5. The molecule has 0 saturated carbocycles. The van der Waals surface area contributed by atoms with Crippen molar-refractivity contribution in [3.8, 4) is 5.75 Å². The summed E-state index contributed by atoms with van der Waals surface area (Å²) in [6.45, 7) is 6.31. The fourth-order valence-corrected chi connectivity index (χ4v) is 3.61. The Bertz CT molecular complexity index is 680. The summed E-state index contributed by atoms with van der Waals surface area (Å²) in [5.74, 6) is 0.00496. The van der Waals surface area contributed by atoms with Crippen LogP contribution in [0.1, 0.15) is 26.5 Å². The second-order valence-electron chi connectivity index (χ2n) is 5.75. The van der Waals surface area contributed by atoms with Gasteiger partial charge in [-0.25, -0.2) is 4.98 Å². The zero-order valence-electron chi connectivity index (χ0n) is 12.5. The summed E-state index contributed by atoms with van der Waals surface area (Å²) in [5.41, 5.74) is 1.34. The van der Waals surface area contributed by atoms with Crippen LogP contribution in [0.5, 0.6) is 5.75 Å². The highest BCUT2D eigenvalue weighted by Crippen LogP contribution is 2.30. The van der Waals surface area contributed by atoms with Crippen molar-refractivity contribution in [3.63, 3.8) is 0 Å². The predicted molar refractivity (Wildman–Crippen MR) is 93.3 cm³/mol. The number of phenols is 1. The maximum atomic E-state index is 11.9. The monoisotopic (exact) mass is 356 g/mol. The summed E-state index contributed by atoms with van der Waals surface area (Å²) >= 11 is 8.75. The van der Waals surface area contributed by atoms with E-state index in [9.17, 15) is 9.90 Å². The van der Waals surface area contributed by atoms with Crippen LogP contribution in [0.2, 0.25) is 5.02 Å². The first-order chi connectivity index (χ1) is 10.3. The number of carbonyl (C=O) groups excluding carboxylic acids is 1. The Balaban J connectivity index is 1.93. The summed E-state index contributed by atoms with van der Waals surface area (Å²) in [4.78, 5) is 16.5. The molecule has 0 unspecified atom stereocenters. The lowest BCUT2D eigenvalue weighted by molar-refractivity contribution is -0.113. The zero-order valence-corrected chi connectivity index (χ0v) is 14.9. The summed E-state index contributed by atoms with van der Waals surface area (Å²) in [7, 11) is 0. The van der Waals surface area contributed by atoms with E-state index in [0.29, 0.717) is 10.7 Å². The van der Waals surface area contributed by atoms with Crippen molar-refractivity contribution in [2.45, 2.75) is 30.5 Å². The van der Waals surface area contributed by atoms with E-state index >= 15 is 0 Å². The van der Waals surface area contributed by atoms with Gasteiger partial charge in [-0.2, -0.15) is 0 Å². The van der Waals surface area contributed by atoms with Gasteiger partial charge >= 0.3 is 0 Å². The third kappa shape index (κ3) is 4.63. The first-order valence-electron chi connectivity index (χ1n) is 6.63. The highest BCUT2D eigenvalue weighted by Gasteiger charge is 2.18. The molecule has 2 N–H and O–H groups in total. The number of thioether (sulfide) groups is 1. The second kappa shape index (κ2) is 6.89. The van der Waals surface area contributed by atoms with Gasteiger partial charge in [-0.3, -0.25) is 4.79 Å². The molecule has 0 saturated heterocycles. The quantitative estimate of drug-likeness (QED) is 0.624. The first-order valence-corrected chi connectivity index (χ1v) is 8.87. The van der Waals surface area contributed by atoms with Crippen molar-refractivity contribution < 1.29 is 9.90 Å². The highest BCUT2D eigenvalue weighted by molar-refractivity contribution is 8.01. The molecule has 0 radical (unpaired) electrons.